The van der Waals surface area contributed by atoms with Crippen LogP contribution in [0.3, 0.4) is 0 Å². The first-order valence-corrected chi connectivity index (χ1v) is 12.1. The van der Waals surface area contributed by atoms with E-state index < -0.39 is 0 Å². The van der Waals surface area contributed by atoms with Crippen LogP contribution in [-0.2, 0) is 17.8 Å². The second kappa shape index (κ2) is 10.0. The van der Waals surface area contributed by atoms with Gasteiger partial charge in [-0.15, -0.1) is 11.3 Å². The third-order valence-corrected chi connectivity index (χ3v) is 7.14. The molecule has 4 N–H and O–H groups in total. The summed E-state index contributed by atoms with van der Waals surface area (Å²) in [6.07, 6.45) is 2.05. The number of carbonyl (C=O) groups excluding carboxylic acids is 1. The van der Waals surface area contributed by atoms with Crippen molar-refractivity contribution in [3.05, 3.63) is 26.6 Å². The number of H-pyrrole nitrogens is 1. The molecule has 3 rings (SSSR count). The van der Waals surface area contributed by atoms with E-state index >= 15 is 0 Å². The number of hydrogen-bond donors (Lipinski definition) is 4. The Balaban J connectivity index is 1.63. The fraction of sp³-hybridized carbons (Fsp3) is 0.682. The number of fused-ring (bicyclic) bond motifs is 1. The lowest BCUT2D eigenvalue weighted by Gasteiger charge is -2.29. The maximum atomic E-state index is 12.9. The lowest BCUT2D eigenvalue weighted by molar-refractivity contribution is -1.02. The van der Waals surface area contributed by atoms with Gasteiger partial charge in [0.1, 0.15) is 37.6 Å². The van der Waals surface area contributed by atoms with Crippen molar-refractivity contribution < 1.29 is 14.6 Å². The van der Waals surface area contributed by atoms with Gasteiger partial charge in [0.2, 0.25) is 0 Å². The number of carbonyl (C=O) groups is 1. The summed E-state index contributed by atoms with van der Waals surface area (Å²) in [4.78, 5) is 37.5. The molecule has 1 aliphatic rings. The largest absolute Gasteiger partial charge is 0.349 e. The zero-order valence-corrected chi connectivity index (χ0v) is 19.8. The van der Waals surface area contributed by atoms with E-state index in [1.165, 1.54) is 20.2 Å². The van der Waals surface area contributed by atoms with Gasteiger partial charge in [-0.3, -0.25) is 9.59 Å². The second-order valence-electron chi connectivity index (χ2n) is 9.12. The predicted molar refractivity (Wildman–Crippen MR) is 121 cm³/mol. The van der Waals surface area contributed by atoms with Crippen LogP contribution in [-0.4, -0.2) is 54.6 Å². The van der Waals surface area contributed by atoms with Gasteiger partial charge in [-0.2, -0.15) is 0 Å². The number of rotatable bonds is 8. The molecular formula is C22H37N5O2S+2. The molecule has 0 unspecified atom stereocenters. The van der Waals surface area contributed by atoms with Crippen molar-refractivity contribution in [2.75, 3.05) is 32.7 Å². The minimum absolute atomic E-state index is 0.00618. The molecule has 0 radical (unpaired) electrons. The molecule has 7 nitrogen and oxygen atoms in total. The Kier molecular flexibility index (Phi) is 7.65. The Morgan fingerprint density at radius 1 is 1.20 bits per heavy atom. The highest BCUT2D eigenvalue weighted by Crippen LogP contribution is 2.29. The van der Waals surface area contributed by atoms with E-state index in [0.29, 0.717) is 12.5 Å². The lowest BCUT2D eigenvalue weighted by atomic mass is 9.98. The van der Waals surface area contributed by atoms with Crippen molar-refractivity contribution in [2.45, 2.75) is 60.0 Å². The highest BCUT2D eigenvalue weighted by molar-refractivity contribution is 7.18. The maximum absolute atomic E-state index is 12.9. The molecule has 0 saturated carbocycles. The highest BCUT2D eigenvalue weighted by atomic mass is 32.1. The van der Waals surface area contributed by atoms with E-state index in [1.54, 1.807) is 11.3 Å². The molecule has 0 aromatic carbocycles. The normalized spacial score (nSPS) is 20.6. The lowest BCUT2D eigenvalue weighted by Crippen LogP contribution is -3.28. The molecule has 8 heteroatoms. The van der Waals surface area contributed by atoms with E-state index in [9.17, 15) is 9.59 Å². The van der Waals surface area contributed by atoms with E-state index in [4.69, 9.17) is 4.98 Å². The topological polar surface area (TPSA) is 83.7 Å². The number of aromatic amines is 1. The first-order valence-electron chi connectivity index (χ1n) is 11.2. The zero-order valence-electron chi connectivity index (χ0n) is 19.0. The summed E-state index contributed by atoms with van der Waals surface area (Å²) < 4.78 is 0. The van der Waals surface area contributed by atoms with Gasteiger partial charge in [0.15, 0.2) is 12.4 Å². The Hall–Kier alpha value is -1.77. The van der Waals surface area contributed by atoms with Crippen LogP contribution >= 0.6 is 11.3 Å². The van der Waals surface area contributed by atoms with Crippen LogP contribution in [0.25, 0.3) is 10.2 Å². The minimum atomic E-state index is 0.00618. The molecule has 0 spiro atoms. The van der Waals surface area contributed by atoms with Crippen LogP contribution in [0.5, 0.6) is 0 Å². The molecule has 2 aromatic rings. The first kappa shape index (κ1) is 22.9. The number of hydrogen-bond acceptors (Lipinski definition) is 4. The number of thiophene rings is 1. The number of aryl methyl sites for hydroxylation is 1. The molecular weight excluding hydrogens is 398 g/mol. The van der Waals surface area contributed by atoms with Gasteiger partial charge in [-0.05, 0) is 38.7 Å². The van der Waals surface area contributed by atoms with Crippen molar-refractivity contribution in [1.82, 2.24) is 15.3 Å². The summed E-state index contributed by atoms with van der Waals surface area (Å²) in [6.45, 7) is 15.7. The van der Waals surface area contributed by atoms with Gasteiger partial charge in [-0.1, -0.05) is 20.3 Å². The number of amides is 1. The van der Waals surface area contributed by atoms with E-state index in [2.05, 4.69) is 31.1 Å². The van der Waals surface area contributed by atoms with E-state index in [-0.39, 0.29) is 17.5 Å². The van der Waals surface area contributed by atoms with Crippen LogP contribution in [0.1, 0.15) is 50.4 Å². The number of nitrogens with one attached hydrogen (secondary N) is 4. The molecule has 0 bridgehead atoms. The molecule has 2 aromatic heterocycles. The van der Waals surface area contributed by atoms with Gasteiger partial charge in [0, 0.05) is 10.9 Å². The summed E-state index contributed by atoms with van der Waals surface area (Å²) in [5.41, 5.74) is 1.18. The van der Waals surface area contributed by atoms with Crippen LogP contribution in [0.4, 0.5) is 0 Å². The Bertz CT molecular complexity index is 927. The number of aromatic nitrogens is 2. The molecule has 1 saturated heterocycles. The number of piperazine rings is 1. The van der Waals surface area contributed by atoms with Crippen molar-refractivity contribution >= 4 is 27.5 Å². The summed E-state index contributed by atoms with van der Waals surface area (Å²) in [5, 5.41) is 3.76. The van der Waals surface area contributed by atoms with Crippen molar-refractivity contribution in [1.29, 1.82) is 0 Å². The van der Waals surface area contributed by atoms with E-state index in [1.807, 2.05) is 13.8 Å². The number of quaternary nitrogens is 2. The quantitative estimate of drug-likeness (QED) is 0.459. The molecule has 1 fully saturated rings. The standard InChI is InChI=1S/C22H35N5O2S/c1-6-15(4)11-17-16(5)30-22-20(17)21(29)24-18(25-22)12-26-7-9-27(10-8-26)13-19(28)23-14(2)3/h14-15H,6-13H2,1-5H3,(H,23,28)(H,24,25,29)/p+2/t15-/m1/s1. The molecule has 3 heterocycles. The molecule has 1 aliphatic heterocycles. The first-order chi connectivity index (χ1) is 14.3. The Morgan fingerprint density at radius 3 is 2.50 bits per heavy atom. The minimum Gasteiger partial charge on any atom is -0.349 e. The van der Waals surface area contributed by atoms with Crippen LogP contribution < -0.4 is 20.7 Å². The average Bonchev–Trinajstić information content (AvgIpc) is 2.98. The van der Waals surface area contributed by atoms with Gasteiger partial charge >= 0.3 is 0 Å². The van der Waals surface area contributed by atoms with E-state index in [0.717, 1.165) is 61.6 Å². The third-order valence-electron chi connectivity index (χ3n) is 6.10. The molecule has 0 aliphatic carbocycles. The molecule has 30 heavy (non-hydrogen) atoms. The third kappa shape index (κ3) is 5.68. The summed E-state index contributed by atoms with van der Waals surface area (Å²) in [6, 6.07) is 0.188. The Morgan fingerprint density at radius 2 is 1.87 bits per heavy atom. The van der Waals surface area contributed by atoms with Gasteiger partial charge in [0.25, 0.3) is 11.5 Å². The van der Waals surface area contributed by atoms with Gasteiger partial charge < -0.3 is 20.1 Å². The average molecular weight is 436 g/mol. The van der Waals surface area contributed by atoms with Crippen LogP contribution in [0.2, 0.25) is 0 Å². The van der Waals surface area contributed by atoms with Crippen molar-refractivity contribution in [3.8, 4) is 0 Å². The van der Waals surface area contributed by atoms with Crippen LogP contribution in [0, 0.1) is 12.8 Å². The monoisotopic (exact) mass is 435 g/mol. The summed E-state index contributed by atoms with van der Waals surface area (Å²) in [5.74, 6) is 1.47. The highest BCUT2D eigenvalue weighted by Gasteiger charge is 2.26. The summed E-state index contributed by atoms with van der Waals surface area (Å²) >= 11 is 1.64. The van der Waals surface area contributed by atoms with Gasteiger partial charge in [-0.25, -0.2) is 4.98 Å². The van der Waals surface area contributed by atoms with Crippen molar-refractivity contribution in [2.24, 2.45) is 5.92 Å². The van der Waals surface area contributed by atoms with Crippen molar-refractivity contribution in [3.63, 3.8) is 0 Å². The smallest absolute Gasteiger partial charge is 0.275 e. The zero-order chi connectivity index (χ0) is 21.8. The van der Waals surface area contributed by atoms with Gasteiger partial charge in [0.05, 0.1) is 5.39 Å². The molecule has 1 amide bonds. The predicted octanol–water partition coefficient (Wildman–Crippen LogP) is -0.310. The van der Waals surface area contributed by atoms with Crippen LogP contribution in [0.15, 0.2) is 4.79 Å². The fourth-order valence-electron chi connectivity index (χ4n) is 4.19. The summed E-state index contributed by atoms with van der Waals surface area (Å²) in [7, 11) is 0. The Labute approximate surface area is 182 Å². The fourth-order valence-corrected chi connectivity index (χ4v) is 5.26. The molecule has 166 valence electrons. The number of nitrogens with zero attached hydrogens (tertiary/aromatic N) is 1. The SMILES string of the molecule is CC[C@@H](C)Cc1c(C)sc2nc(C[NH+]3CC[NH+](CC(=O)NC(C)C)CC3)[nH]c(=O)c12. The maximum Gasteiger partial charge on any atom is 0.275 e. The molecule has 1 atom stereocenters. The second-order valence-corrected chi connectivity index (χ2v) is 10.3.